The Balaban J connectivity index is 1.44. The smallest absolute Gasteiger partial charge is 0.191 e. The molecule has 0 saturated carbocycles. The van der Waals surface area contributed by atoms with E-state index in [1.165, 1.54) is 0 Å². The highest BCUT2D eigenvalue weighted by molar-refractivity contribution is 5.80. The van der Waals surface area contributed by atoms with Gasteiger partial charge in [-0.2, -0.15) is 0 Å². The number of pyridine rings is 1. The lowest BCUT2D eigenvalue weighted by Crippen LogP contribution is -2.42. The largest absolute Gasteiger partial charge is 0.356 e. The van der Waals surface area contributed by atoms with E-state index in [9.17, 15) is 0 Å². The van der Waals surface area contributed by atoms with Gasteiger partial charge in [-0.15, -0.1) is 10.2 Å². The minimum Gasteiger partial charge on any atom is -0.356 e. The number of aromatic nitrogens is 3. The van der Waals surface area contributed by atoms with E-state index in [1.54, 1.807) is 0 Å². The van der Waals surface area contributed by atoms with Crippen LogP contribution in [0.3, 0.4) is 0 Å². The van der Waals surface area contributed by atoms with Gasteiger partial charge in [0, 0.05) is 32.3 Å². The standard InChI is InChI=1S/C16H22N6/c1-17-16(19-13-7-2-3-8-13)18-11-6-10-15-21-20-14-9-4-5-12-22(14)15/h2-5,9,12-13H,6-8,10-11H2,1H3,(H2,17,18,19). The quantitative estimate of drug-likeness (QED) is 0.380. The van der Waals surface area contributed by atoms with E-state index in [1.807, 2.05) is 35.8 Å². The normalized spacial score (nSPS) is 15.6. The van der Waals surface area contributed by atoms with E-state index < -0.39 is 0 Å². The Bertz CT molecular complexity index is 664. The molecule has 22 heavy (non-hydrogen) atoms. The van der Waals surface area contributed by atoms with Crippen molar-refractivity contribution in [3.05, 3.63) is 42.4 Å². The Labute approximate surface area is 130 Å². The monoisotopic (exact) mass is 298 g/mol. The average molecular weight is 298 g/mol. The maximum absolute atomic E-state index is 4.27. The fourth-order valence-corrected chi connectivity index (χ4v) is 2.64. The first-order valence-electron chi connectivity index (χ1n) is 7.77. The van der Waals surface area contributed by atoms with E-state index in [-0.39, 0.29) is 0 Å². The second-order valence-electron chi connectivity index (χ2n) is 5.43. The van der Waals surface area contributed by atoms with Crippen LogP contribution in [0.1, 0.15) is 25.1 Å². The highest BCUT2D eigenvalue weighted by Crippen LogP contribution is 2.08. The number of rotatable bonds is 5. The van der Waals surface area contributed by atoms with E-state index in [2.05, 4.69) is 38.0 Å². The third kappa shape index (κ3) is 3.44. The molecule has 2 N–H and O–H groups in total. The molecule has 2 heterocycles. The first kappa shape index (κ1) is 14.6. The lowest BCUT2D eigenvalue weighted by Gasteiger charge is -2.16. The maximum atomic E-state index is 4.27. The second-order valence-corrected chi connectivity index (χ2v) is 5.43. The molecule has 0 aliphatic heterocycles. The molecule has 116 valence electrons. The van der Waals surface area contributed by atoms with Gasteiger partial charge in [-0.3, -0.25) is 9.39 Å². The number of aryl methyl sites for hydroxylation is 1. The van der Waals surface area contributed by atoms with Gasteiger partial charge in [0.2, 0.25) is 0 Å². The Hall–Kier alpha value is -2.37. The fraction of sp³-hybridized carbons (Fsp3) is 0.438. The lowest BCUT2D eigenvalue weighted by molar-refractivity contribution is 0.626. The minimum atomic E-state index is 0.478. The Kier molecular flexibility index (Phi) is 4.68. The molecule has 0 atom stereocenters. The molecule has 0 radical (unpaired) electrons. The van der Waals surface area contributed by atoms with Gasteiger partial charge in [-0.05, 0) is 31.4 Å². The molecule has 2 aromatic rings. The molecule has 0 amide bonds. The number of guanidine groups is 1. The van der Waals surface area contributed by atoms with Crippen LogP contribution in [0, 0.1) is 0 Å². The van der Waals surface area contributed by atoms with Crippen LogP contribution in [-0.2, 0) is 6.42 Å². The van der Waals surface area contributed by atoms with Crippen LogP contribution in [0.2, 0.25) is 0 Å². The van der Waals surface area contributed by atoms with Crippen LogP contribution in [-0.4, -0.2) is 40.2 Å². The van der Waals surface area contributed by atoms with E-state index in [0.29, 0.717) is 6.04 Å². The predicted octanol–water partition coefficient (Wildman–Crippen LogP) is 1.55. The number of nitrogens with one attached hydrogen (secondary N) is 2. The molecule has 1 aliphatic carbocycles. The van der Waals surface area contributed by atoms with E-state index >= 15 is 0 Å². The van der Waals surface area contributed by atoms with Crippen LogP contribution < -0.4 is 10.6 Å². The molecule has 0 spiro atoms. The van der Waals surface area contributed by atoms with E-state index in [4.69, 9.17) is 0 Å². The Morgan fingerprint density at radius 2 is 2.18 bits per heavy atom. The summed E-state index contributed by atoms with van der Waals surface area (Å²) in [6, 6.07) is 6.42. The topological polar surface area (TPSA) is 66.6 Å². The first-order chi connectivity index (χ1) is 10.9. The fourth-order valence-electron chi connectivity index (χ4n) is 2.64. The molecular formula is C16H22N6. The summed E-state index contributed by atoms with van der Waals surface area (Å²) >= 11 is 0. The number of hydrogen-bond acceptors (Lipinski definition) is 3. The minimum absolute atomic E-state index is 0.478. The zero-order valence-corrected chi connectivity index (χ0v) is 12.9. The Morgan fingerprint density at radius 1 is 1.32 bits per heavy atom. The first-order valence-corrected chi connectivity index (χ1v) is 7.77. The van der Waals surface area contributed by atoms with Crippen LogP contribution in [0.15, 0.2) is 41.5 Å². The molecule has 6 nitrogen and oxygen atoms in total. The van der Waals surface area contributed by atoms with Crippen molar-refractivity contribution in [1.82, 2.24) is 25.2 Å². The van der Waals surface area contributed by atoms with Crippen molar-refractivity contribution in [2.45, 2.75) is 31.7 Å². The molecule has 2 aromatic heterocycles. The van der Waals surface area contributed by atoms with Crippen molar-refractivity contribution >= 4 is 11.6 Å². The third-order valence-electron chi connectivity index (χ3n) is 3.83. The molecule has 3 rings (SSSR count). The molecule has 0 saturated heterocycles. The van der Waals surface area contributed by atoms with Crippen LogP contribution in [0.4, 0.5) is 0 Å². The van der Waals surface area contributed by atoms with Crippen molar-refractivity contribution in [3.8, 4) is 0 Å². The van der Waals surface area contributed by atoms with Crippen molar-refractivity contribution in [3.63, 3.8) is 0 Å². The van der Waals surface area contributed by atoms with Crippen molar-refractivity contribution < 1.29 is 0 Å². The summed E-state index contributed by atoms with van der Waals surface area (Å²) < 4.78 is 2.04. The maximum Gasteiger partial charge on any atom is 0.191 e. The number of fused-ring (bicyclic) bond motifs is 1. The third-order valence-corrected chi connectivity index (χ3v) is 3.83. The average Bonchev–Trinajstić information content (AvgIpc) is 3.20. The van der Waals surface area contributed by atoms with Crippen molar-refractivity contribution in [2.24, 2.45) is 4.99 Å². The summed E-state index contributed by atoms with van der Waals surface area (Å²) in [5, 5.41) is 15.2. The zero-order valence-electron chi connectivity index (χ0n) is 12.9. The highest BCUT2D eigenvalue weighted by Gasteiger charge is 2.11. The zero-order chi connectivity index (χ0) is 15.2. The van der Waals surface area contributed by atoms with Gasteiger partial charge in [-0.25, -0.2) is 0 Å². The van der Waals surface area contributed by atoms with Gasteiger partial charge in [-0.1, -0.05) is 18.2 Å². The predicted molar refractivity (Wildman–Crippen MR) is 88.0 cm³/mol. The van der Waals surface area contributed by atoms with Crippen LogP contribution in [0.25, 0.3) is 5.65 Å². The molecule has 0 aromatic carbocycles. The van der Waals surface area contributed by atoms with Crippen molar-refractivity contribution in [2.75, 3.05) is 13.6 Å². The van der Waals surface area contributed by atoms with Crippen LogP contribution in [0.5, 0.6) is 0 Å². The summed E-state index contributed by atoms with van der Waals surface area (Å²) in [6.07, 6.45) is 10.5. The summed E-state index contributed by atoms with van der Waals surface area (Å²) in [5.41, 5.74) is 0.900. The van der Waals surface area contributed by atoms with Gasteiger partial charge < -0.3 is 10.6 Å². The molecular weight excluding hydrogens is 276 g/mol. The number of nitrogens with zero attached hydrogens (tertiary/aromatic N) is 4. The van der Waals surface area contributed by atoms with Crippen LogP contribution >= 0.6 is 0 Å². The van der Waals surface area contributed by atoms with Gasteiger partial charge in [0.25, 0.3) is 0 Å². The van der Waals surface area contributed by atoms with Gasteiger partial charge >= 0.3 is 0 Å². The Morgan fingerprint density at radius 3 is 3.00 bits per heavy atom. The molecule has 0 fully saturated rings. The molecule has 6 heteroatoms. The number of hydrogen-bond donors (Lipinski definition) is 2. The summed E-state index contributed by atoms with van der Waals surface area (Å²) in [5.74, 6) is 1.88. The molecule has 0 unspecified atom stereocenters. The molecule has 0 bridgehead atoms. The van der Waals surface area contributed by atoms with Crippen molar-refractivity contribution in [1.29, 1.82) is 0 Å². The lowest BCUT2D eigenvalue weighted by atomic mass is 10.2. The number of aliphatic imine (C=N–C) groups is 1. The van der Waals surface area contributed by atoms with E-state index in [0.717, 1.165) is 49.7 Å². The van der Waals surface area contributed by atoms with Gasteiger partial charge in [0.05, 0.1) is 0 Å². The SMILES string of the molecule is CN=C(NCCCc1nnc2ccccn12)NC1CC=CC1. The summed E-state index contributed by atoms with van der Waals surface area (Å²) in [6.45, 7) is 0.863. The molecule has 1 aliphatic rings. The van der Waals surface area contributed by atoms with Gasteiger partial charge in [0.1, 0.15) is 5.82 Å². The van der Waals surface area contributed by atoms with Gasteiger partial charge in [0.15, 0.2) is 11.6 Å². The summed E-state index contributed by atoms with van der Waals surface area (Å²) in [4.78, 5) is 4.27. The summed E-state index contributed by atoms with van der Waals surface area (Å²) in [7, 11) is 1.81. The highest BCUT2D eigenvalue weighted by atomic mass is 15.2. The second kappa shape index (κ2) is 7.06.